The summed E-state index contributed by atoms with van der Waals surface area (Å²) >= 11 is 6.84. The van der Waals surface area contributed by atoms with Crippen LogP contribution in [0.4, 0.5) is 0 Å². The SMILES string of the molecule is C/C=C/c1c(O)ccc(Br)c1C.Cc1c(Br)ccc2c1C=CB(O)O2.PPPPPP.[Ir].[Y].[Y].[Y]. The second kappa shape index (κ2) is 27.9. The Morgan fingerprint density at radius 2 is 1.46 bits per heavy atom. The number of phenolic OH excluding ortho intramolecular Hbond substituents is 1. The zero-order valence-electron chi connectivity index (χ0n) is 19.5. The molecule has 186 valence electrons. The summed E-state index contributed by atoms with van der Waals surface area (Å²) in [7, 11) is 9.41. The minimum Gasteiger partial charge on any atom is -0.532 e. The molecule has 16 heteroatoms. The summed E-state index contributed by atoms with van der Waals surface area (Å²) in [5.74, 6) is 2.69. The summed E-state index contributed by atoms with van der Waals surface area (Å²) in [6.45, 7) is 5.91. The normalized spacial score (nSPS) is 11.8. The minimum absolute atomic E-state index is 0. The molecule has 4 radical (unpaired) electrons. The van der Waals surface area contributed by atoms with Gasteiger partial charge in [0.25, 0.3) is 0 Å². The molecule has 3 nitrogen and oxygen atoms in total. The first-order valence-electron chi connectivity index (χ1n) is 9.10. The number of allylic oxidation sites excluding steroid dienone is 1. The monoisotopic (exact) mass is 1120 g/mol. The van der Waals surface area contributed by atoms with Gasteiger partial charge in [-0.05, 0) is 62.1 Å². The van der Waals surface area contributed by atoms with Crippen molar-refractivity contribution in [3.05, 3.63) is 67.5 Å². The summed E-state index contributed by atoms with van der Waals surface area (Å²) in [6.07, 6.45) is 5.69. The van der Waals surface area contributed by atoms with Crippen LogP contribution >= 0.6 is 81.5 Å². The molecule has 0 saturated carbocycles. The van der Waals surface area contributed by atoms with Gasteiger partial charge in [0.1, 0.15) is 11.5 Å². The fourth-order valence-electron chi connectivity index (χ4n) is 2.47. The van der Waals surface area contributed by atoms with Crippen molar-refractivity contribution in [1.29, 1.82) is 0 Å². The zero-order chi connectivity index (χ0) is 23.4. The summed E-state index contributed by atoms with van der Waals surface area (Å²) < 4.78 is 7.29. The zero-order valence-corrected chi connectivity index (χ0v) is 39.9. The number of phenols is 1. The molecule has 0 spiro atoms. The molecule has 2 aromatic carbocycles. The van der Waals surface area contributed by atoms with Crippen molar-refractivity contribution in [2.24, 2.45) is 0 Å². The molecule has 2 aromatic rings. The van der Waals surface area contributed by atoms with Crippen molar-refractivity contribution >= 4 is 101 Å². The van der Waals surface area contributed by atoms with Crippen LogP contribution in [0.3, 0.4) is 0 Å². The number of rotatable bonds is 4. The van der Waals surface area contributed by atoms with Crippen LogP contribution in [0.15, 0.2) is 45.3 Å². The predicted molar refractivity (Wildman–Crippen MR) is 164 cm³/mol. The molecule has 1 aliphatic rings. The largest absolute Gasteiger partial charge is 0.552 e. The molecule has 1 heterocycles. The van der Waals surface area contributed by atoms with Gasteiger partial charge in [-0.3, -0.25) is 0 Å². The Bertz CT molecular complexity index is 932. The third-order valence-corrected chi connectivity index (χ3v) is 22.3. The van der Waals surface area contributed by atoms with Crippen molar-refractivity contribution in [3.63, 3.8) is 0 Å². The maximum absolute atomic E-state index is 9.47. The molecule has 35 heavy (non-hydrogen) atoms. The Morgan fingerprint density at radius 3 is 1.97 bits per heavy atom. The maximum Gasteiger partial charge on any atom is 0.552 e. The van der Waals surface area contributed by atoms with Gasteiger partial charge in [-0.25, -0.2) is 0 Å². The van der Waals surface area contributed by atoms with Gasteiger partial charge in [-0.15, -0.1) is 17.9 Å². The number of halogens is 2. The van der Waals surface area contributed by atoms with Crippen LogP contribution in [0.5, 0.6) is 11.5 Å². The van der Waals surface area contributed by atoms with E-state index in [4.69, 9.17) is 4.65 Å². The van der Waals surface area contributed by atoms with Crippen LogP contribution in [0, 0.1) is 13.8 Å². The molecule has 0 amide bonds. The number of hydrogen-bond acceptors (Lipinski definition) is 3. The van der Waals surface area contributed by atoms with Crippen molar-refractivity contribution in [3.8, 4) is 11.5 Å². The van der Waals surface area contributed by atoms with E-state index in [0.29, 0.717) is 5.75 Å². The minimum atomic E-state index is -0.812. The first-order chi connectivity index (χ1) is 14.8. The average molecular weight is 1120 g/mol. The van der Waals surface area contributed by atoms with Crippen LogP contribution in [0.2, 0.25) is 0 Å². The molecule has 0 aliphatic carbocycles. The molecule has 0 bridgehead atoms. The van der Waals surface area contributed by atoms with Crippen LogP contribution in [-0.2, 0) is 118 Å². The van der Waals surface area contributed by atoms with E-state index in [1.807, 2.05) is 57.2 Å². The van der Waals surface area contributed by atoms with Gasteiger partial charge in [0.15, 0.2) is 0 Å². The topological polar surface area (TPSA) is 49.7 Å². The molecule has 6 unspecified atom stereocenters. The van der Waals surface area contributed by atoms with Gasteiger partial charge >= 0.3 is 7.12 Å². The first kappa shape index (κ1) is 47.0. The number of hydrogen-bond donors (Lipinski definition) is 2. The van der Waals surface area contributed by atoms with Gasteiger partial charge < -0.3 is 14.8 Å². The summed E-state index contributed by atoms with van der Waals surface area (Å²) in [6, 6.07) is 7.29. The van der Waals surface area contributed by atoms with Crippen LogP contribution < -0.4 is 4.65 Å². The Hall–Kier alpha value is 5.05. The van der Waals surface area contributed by atoms with Crippen LogP contribution in [0.25, 0.3) is 12.2 Å². The Morgan fingerprint density at radius 1 is 0.943 bits per heavy atom. The summed E-state index contributed by atoms with van der Waals surface area (Å²) in [4.78, 5) is 0. The molecule has 3 rings (SSSR count). The smallest absolute Gasteiger partial charge is 0.532 e. The van der Waals surface area contributed by atoms with Crippen molar-refractivity contribution in [1.82, 2.24) is 0 Å². The van der Waals surface area contributed by atoms with Gasteiger partial charge in [0, 0.05) is 138 Å². The van der Waals surface area contributed by atoms with E-state index in [0.717, 1.165) is 52.9 Å². The standard InChI is InChI=1S/C10H11BrO.C9H8BBrO2.Ir.H8P6.3Y/c1-3-4-8-7(2)9(11)5-6-10(8)12;1-6-7-4-5-10(12)13-9(7)3-2-8(6)11;;1-3-5-6-4-2;;;/h3-6,12H,1-2H3;2-5,12H,1H3;;3-6H,1-2H2;;;/b4-3+;;;;;;. The van der Waals surface area contributed by atoms with Crippen LogP contribution in [-0.4, -0.2) is 17.2 Å². The summed E-state index contributed by atoms with van der Waals surface area (Å²) in [5.41, 5.74) is 4.10. The van der Waals surface area contributed by atoms with E-state index in [-0.39, 0.29) is 118 Å². The Kier molecular flexibility index (Phi) is 37.4. The maximum atomic E-state index is 9.47. The third-order valence-electron chi connectivity index (χ3n) is 4.05. The number of benzene rings is 2. The molecule has 6 atom stereocenters. The Labute approximate surface area is 327 Å². The van der Waals surface area contributed by atoms with E-state index in [2.05, 4.69) is 49.7 Å². The molecule has 0 aromatic heterocycles. The Balaban J connectivity index is -0.000000206. The molecular weight excluding hydrogens is 1090 g/mol. The van der Waals surface area contributed by atoms with E-state index >= 15 is 0 Å². The molecular formula is C19H27BBr2IrO3P6Y3. The molecule has 0 saturated heterocycles. The fraction of sp³-hybridized carbons (Fsp3) is 0.158. The molecule has 2 N–H and O–H groups in total. The van der Waals surface area contributed by atoms with Gasteiger partial charge in [0.05, 0.1) is 0 Å². The van der Waals surface area contributed by atoms with Gasteiger partial charge in [-0.1, -0.05) is 81.9 Å². The molecule has 1 aliphatic heterocycles. The average Bonchev–Trinajstić information content (AvgIpc) is 2.76. The van der Waals surface area contributed by atoms with E-state index < -0.39 is 7.12 Å². The molecule has 0 fully saturated rings. The van der Waals surface area contributed by atoms with Crippen molar-refractivity contribution in [2.45, 2.75) is 20.8 Å². The quantitative estimate of drug-likeness (QED) is 0.183. The number of fused-ring (bicyclic) bond motifs is 1. The van der Waals surface area contributed by atoms with Gasteiger partial charge in [0.2, 0.25) is 0 Å². The van der Waals surface area contributed by atoms with Gasteiger partial charge in [-0.2, -0.15) is 0 Å². The van der Waals surface area contributed by atoms with Crippen molar-refractivity contribution in [2.75, 3.05) is 0 Å². The fourth-order valence-corrected chi connectivity index (χ4v) is 20.6. The van der Waals surface area contributed by atoms with E-state index in [1.54, 1.807) is 12.0 Å². The van der Waals surface area contributed by atoms with Crippen molar-refractivity contribution < 1.29 is 133 Å². The summed E-state index contributed by atoms with van der Waals surface area (Å²) in [5, 5.41) is 18.7. The second-order valence-electron chi connectivity index (χ2n) is 6.10. The third kappa shape index (κ3) is 18.3. The van der Waals surface area contributed by atoms with E-state index in [1.165, 1.54) is 15.9 Å². The first-order valence-corrected chi connectivity index (χ1v) is 21.3. The van der Waals surface area contributed by atoms with Crippen LogP contribution in [0.1, 0.15) is 29.2 Å². The number of aromatic hydroxyl groups is 1. The second-order valence-corrected chi connectivity index (χ2v) is 21.8. The predicted octanol–water partition coefficient (Wildman–Crippen LogP) is 8.69. The van der Waals surface area contributed by atoms with E-state index in [9.17, 15) is 10.1 Å².